The van der Waals surface area contributed by atoms with Gasteiger partial charge in [-0.2, -0.15) is 0 Å². The molecule has 1 unspecified atom stereocenters. The van der Waals surface area contributed by atoms with Crippen LogP contribution in [0.4, 0.5) is 17.1 Å². The molecule has 0 amide bonds. The van der Waals surface area contributed by atoms with Crippen LogP contribution in [0.25, 0.3) is 0 Å². The van der Waals surface area contributed by atoms with Crippen LogP contribution in [0.15, 0.2) is 18.2 Å². The lowest BCUT2D eigenvalue weighted by Gasteiger charge is -2.38. The maximum atomic E-state index is 11.4. The zero-order valence-electron chi connectivity index (χ0n) is 11.7. The van der Waals surface area contributed by atoms with Crippen molar-refractivity contribution < 1.29 is 4.92 Å². The summed E-state index contributed by atoms with van der Waals surface area (Å²) < 4.78 is 0. The van der Waals surface area contributed by atoms with E-state index in [0.717, 1.165) is 25.3 Å². The van der Waals surface area contributed by atoms with E-state index >= 15 is 0 Å². The molecule has 0 radical (unpaired) electrons. The lowest BCUT2D eigenvalue weighted by Crippen LogP contribution is -2.50. The Morgan fingerprint density at radius 2 is 2.20 bits per heavy atom. The highest BCUT2D eigenvalue weighted by Crippen LogP contribution is 2.37. The molecule has 2 saturated heterocycles. The maximum Gasteiger partial charge on any atom is 0.315 e. The number of nitrogens with zero attached hydrogens (tertiary/aromatic N) is 3. The molecule has 1 atom stereocenters. The fourth-order valence-corrected chi connectivity index (χ4v) is 3.39. The Balaban J connectivity index is 1.91. The van der Waals surface area contributed by atoms with Crippen molar-refractivity contribution >= 4 is 17.1 Å². The number of anilines is 2. The predicted octanol–water partition coefficient (Wildman–Crippen LogP) is 1.92. The molecule has 2 heterocycles. The Labute approximate surface area is 118 Å². The second-order valence-corrected chi connectivity index (χ2v) is 5.46. The largest absolute Gasteiger partial charge is 0.382 e. The number of para-hydroxylation sites is 1. The first-order chi connectivity index (χ1) is 9.70. The molecule has 1 aromatic carbocycles. The van der Waals surface area contributed by atoms with Gasteiger partial charge in [0, 0.05) is 32.7 Å². The summed E-state index contributed by atoms with van der Waals surface area (Å²) in [7, 11) is 1.72. The highest BCUT2D eigenvalue weighted by Gasteiger charge is 2.33. The van der Waals surface area contributed by atoms with E-state index in [4.69, 9.17) is 0 Å². The molecule has 3 rings (SSSR count). The third-order valence-corrected chi connectivity index (χ3v) is 4.39. The first kappa shape index (κ1) is 13.2. The number of hydrogen-bond donors (Lipinski definition) is 1. The second-order valence-electron chi connectivity index (χ2n) is 5.46. The number of piperazine rings is 1. The second kappa shape index (κ2) is 5.28. The SMILES string of the molecule is CNc1cccc(N2CCN3CCCC3C2)c1[N+](=O)[O-]. The van der Waals surface area contributed by atoms with Crippen LogP contribution in [0.3, 0.4) is 0 Å². The topological polar surface area (TPSA) is 61.6 Å². The Bertz CT molecular complexity index is 520. The molecule has 1 N–H and O–H groups in total. The maximum absolute atomic E-state index is 11.4. The first-order valence-electron chi connectivity index (χ1n) is 7.15. The van der Waals surface area contributed by atoms with Crippen molar-refractivity contribution in [2.45, 2.75) is 18.9 Å². The molecule has 0 saturated carbocycles. The predicted molar refractivity (Wildman–Crippen MR) is 79.5 cm³/mol. The molecule has 2 aliphatic rings. The van der Waals surface area contributed by atoms with E-state index in [2.05, 4.69) is 15.1 Å². The van der Waals surface area contributed by atoms with Gasteiger partial charge in [-0.05, 0) is 31.5 Å². The summed E-state index contributed by atoms with van der Waals surface area (Å²) in [6.07, 6.45) is 2.45. The van der Waals surface area contributed by atoms with Crippen LogP contribution in [0, 0.1) is 10.1 Å². The van der Waals surface area contributed by atoms with E-state index in [1.54, 1.807) is 13.1 Å². The molecule has 20 heavy (non-hydrogen) atoms. The van der Waals surface area contributed by atoms with Gasteiger partial charge in [0.1, 0.15) is 11.4 Å². The molecule has 2 aliphatic heterocycles. The molecule has 0 aliphatic carbocycles. The average Bonchev–Trinajstić information content (AvgIpc) is 2.93. The summed E-state index contributed by atoms with van der Waals surface area (Å²) in [5.41, 5.74) is 1.52. The highest BCUT2D eigenvalue weighted by atomic mass is 16.6. The van der Waals surface area contributed by atoms with Crippen molar-refractivity contribution in [3.8, 4) is 0 Å². The number of nitro groups is 1. The van der Waals surface area contributed by atoms with E-state index in [1.165, 1.54) is 19.4 Å². The number of hydrogen-bond acceptors (Lipinski definition) is 5. The van der Waals surface area contributed by atoms with E-state index in [1.807, 2.05) is 12.1 Å². The van der Waals surface area contributed by atoms with Gasteiger partial charge >= 0.3 is 5.69 Å². The van der Waals surface area contributed by atoms with Gasteiger partial charge in [0.05, 0.1) is 4.92 Å². The number of benzene rings is 1. The van der Waals surface area contributed by atoms with Crippen LogP contribution in [-0.2, 0) is 0 Å². The Hall–Kier alpha value is -1.82. The minimum Gasteiger partial charge on any atom is -0.382 e. The molecule has 0 spiro atoms. The molecule has 1 aromatic rings. The molecule has 0 bridgehead atoms. The fourth-order valence-electron chi connectivity index (χ4n) is 3.39. The zero-order valence-corrected chi connectivity index (χ0v) is 11.7. The van der Waals surface area contributed by atoms with Crippen molar-refractivity contribution in [1.82, 2.24) is 4.90 Å². The van der Waals surface area contributed by atoms with Crippen molar-refractivity contribution in [3.63, 3.8) is 0 Å². The van der Waals surface area contributed by atoms with Crippen LogP contribution in [0.2, 0.25) is 0 Å². The van der Waals surface area contributed by atoms with E-state index < -0.39 is 0 Å². The smallest absolute Gasteiger partial charge is 0.315 e. The van der Waals surface area contributed by atoms with Gasteiger partial charge in [0.2, 0.25) is 0 Å². The van der Waals surface area contributed by atoms with Crippen LogP contribution < -0.4 is 10.2 Å². The van der Waals surface area contributed by atoms with Gasteiger partial charge in [-0.25, -0.2) is 0 Å². The minimum atomic E-state index is -0.276. The van der Waals surface area contributed by atoms with E-state index in [0.29, 0.717) is 11.7 Å². The van der Waals surface area contributed by atoms with Crippen LogP contribution in [0.5, 0.6) is 0 Å². The number of rotatable bonds is 3. The van der Waals surface area contributed by atoms with Crippen LogP contribution in [0.1, 0.15) is 12.8 Å². The lowest BCUT2D eigenvalue weighted by atomic mass is 10.1. The average molecular weight is 276 g/mol. The van der Waals surface area contributed by atoms with Gasteiger partial charge < -0.3 is 10.2 Å². The van der Waals surface area contributed by atoms with Gasteiger partial charge in [-0.1, -0.05) is 6.07 Å². The van der Waals surface area contributed by atoms with Crippen molar-refractivity contribution in [3.05, 3.63) is 28.3 Å². The highest BCUT2D eigenvalue weighted by molar-refractivity contribution is 5.77. The lowest BCUT2D eigenvalue weighted by molar-refractivity contribution is -0.383. The Morgan fingerprint density at radius 3 is 2.95 bits per heavy atom. The molecular weight excluding hydrogens is 256 g/mol. The zero-order chi connectivity index (χ0) is 14.1. The summed E-state index contributed by atoms with van der Waals surface area (Å²) in [6, 6.07) is 6.06. The molecule has 2 fully saturated rings. The summed E-state index contributed by atoms with van der Waals surface area (Å²) in [4.78, 5) is 15.8. The summed E-state index contributed by atoms with van der Waals surface area (Å²) >= 11 is 0. The number of nitrogens with one attached hydrogen (secondary N) is 1. The molecule has 6 nitrogen and oxygen atoms in total. The third kappa shape index (κ3) is 2.20. The van der Waals surface area contributed by atoms with Crippen LogP contribution >= 0.6 is 0 Å². The van der Waals surface area contributed by atoms with Gasteiger partial charge in [0.15, 0.2) is 0 Å². The monoisotopic (exact) mass is 276 g/mol. The Morgan fingerprint density at radius 1 is 1.35 bits per heavy atom. The summed E-state index contributed by atoms with van der Waals surface area (Å²) in [5.74, 6) is 0. The molecule has 0 aromatic heterocycles. The quantitative estimate of drug-likeness (QED) is 0.675. The van der Waals surface area contributed by atoms with Gasteiger partial charge in [-0.15, -0.1) is 0 Å². The molecule has 6 heteroatoms. The van der Waals surface area contributed by atoms with Crippen molar-refractivity contribution in [2.24, 2.45) is 0 Å². The van der Waals surface area contributed by atoms with E-state index in [9.17, 15) is 10.1 Å². The molecule has 108 valence electrons. The summed E-state index contributed by atoms with van der Waals surface area (Å²) in [6.45, 7) is 3.95. The number of nitro benzene ring substituents is 1. The standard InChI is InChI=1S/C14H20N4O2/c1-15-12-5-2-6-13(14(12)18(19)20)17-9-8-16-7-3-4-11(16)10-17/h2,5-6,11,15H,3-4,7-10H2,1H3. The Kier molecular flexibility index (Phi) is 3.48. The van der Waals surface area contributed by atoms with E-state index in [-0.39, 0.29) is 10.6 Å². The van der Waals surface area contributed by atoms with Crippen molar-refractivity contribution in [1.29, 1.82) is 0 Å². The normalized spacial score (nSPS) is 22.6. The number of fused-ring (bicyclic) bond motifs is 1. The summed E-state index contributed by atoms with van der Waals surface area (Å²) in [5, 5.41) is 14.3. The first-order valence-corrected chi connectivity index (χ1v) is 7.15. The van der Waals surface area contributed by atoms with Gasteiger partial charge in [0.25, 0.3) is 0 Å². The van der Waals surface area contributed by atoms with Gasteiger partial charge in [-0.3, -0.25) is 15.0 Å². The molecular formula is C14H20N4O2. The van der Waals surface area contributed by atoms with Crippen molar-refractivity contribution in [2.75, 3.05) is 43.4 Å². The minimum absolute atomic E-state index is 0.196. The van der Waals surface area contributed by atoms with Crippen LogP contribution in [-0.4, -0.2) is 49.1 Å². The fraction of sp³-hybridized carbons (Fsp3) is 0.571. The third-order valence-electron chi connectivity index (χ3n) is 4.39.